The topological polar surface area (TPSA) is 769 Å². The first-order valence-corrected chi connectivity index (χ1v) is 44.5. The zero-order chi connectivity index (χ0) is 96.9. The van der Waals surface area contributed by atoms with Gasteiger partial charge in [0.05, 0.1) is 32.0 Å². The first kappa shape index (κ1) is 106. The summed E-state index contributed by atoms with van der Waals surface area (Å²) in [5.74, 6) is -24.1. The quantitative estimate of drug-likeness (QED) is 0.00788. The van der Waals surface area contributed by atoms with Crippen LogP contribution in [0.5, 0.6) is 0 Å². The fraction of sp³-hybridized carbons (Fsp3) is 0.500. The number of aromatic amines is 2. The molecule has 6 rings (SSSR count). The number of carbonyl (C=O) groups is 18. The molecule has 5 aromatic rings. The number of H-pyrrole nitrogens is 2. The Labute approximate surface area is 760 Å². The van der Waals surface area contributed by atoms with E-state index in [1.54, 1.807) is 73.7 Å². The molecule has 3 heterocycles. The fourth-order valence-corrected chi connectivity index (χ4v) is 15.9. The normalized spacial score (nSPS) is 21.5. The van der Waals surface area contributed by atoms with E-state index in [1.165, 1.54) is 46.4 Å². The second kappa shape index (κ2) is 52.7. The first-order valence-electron chi connectivity index (χ1n) is 42.0. The van der Waals surface area contributed by atoms with Crippen LogP contribution in [0.1, 0.15) is 117 Å². The van der Waals surface area contributed by atoms with Crippen molar-refractivity contribution in [2.24, 2.45) is 34.8 Å². The monoisotopic (exact) mass is 1870 g/mol. The number of para-hydroxylation sites is 1. The Morgan fingerprint density at radius 2 is 1.14 bits per heavy atom. The van der Waals surface area contributed by atoms with Crippen LogP contribution in [0.4, 0.5) is 0 Å². The van der Waals surface area contributed by atoms with E-state index in [0.29, 0.717) is 32.8 Å². The number of nitrogens with one attached hydrogen (secondary N) is 21. The van der Waals surface area contributed by atoms with Gasteiger partial charge in [-0.3, -0.25) is 97.1 Å². The molecule has 16 atom stereocenters. The summed E-state index contributed by atoms with van der Waals surface area (Å²) in [6, 6.07) is -5.68. The Kier molecular flexibility index (Phi) is 42.7. The maximum Gasteiger partial charge on any atom is 0.305 e. The minimum absolute atomic E-state index is 0.0544. The van der Waals surface area contributed by atoms with Crippen molar-refractivity contribution in [2.45, 2.75) is 210 Å². The van der Waals surface area contributed by atoms with Gasteiger partial charge in [-0.05, 0) is 85.8 Å². The number of aliphatic hydroxyl groups is 2. The van der Waals surface area contributed by atoms with Gasteiger partial charge in [0.1, 0.15) is 84.6 Å². The average molecular weight is 1870 g/mol. The molecule has 0 saturated carbocycles. The lowest BCUT2D eigenvalue weighted by atomic mass is 9.96. The summed E-state index contributed by atoms with van der Waals surface area (Å²) in [4.78, 5) is 267. The molecule has 3 aromatic carbocycles. The van der Waals surface area contributed by atoms with Gasteiger partial charge in [-0.25, -0.2) is 4.98 Å². The van der Waals surface area contributed by atoms with Crippen LogP contribution in [-0.4, -0.2) is 277 Å². The van der Waals surface area contributed by atoms with E-state index in [2.05, 4.69) is 105 Å². The lowest BCUT2D eigenvalue weighted by molar-refractivity contribution is -0.141. The predicted octanol–water partition coefficient (Wildman–Crippen LogP) is -6.76. The maximum atomic E-state index is 15.5. The number of imidazole rings is 1. The van der Waals surface area contributed by atoms with Crippen molar-refractivity contribution in [3.63, 3.8) is 0 Å². The van der Waals surface area contributed by atoms with Crippen LogP contribution in [0.15, 0.2) is 85.5 Å². The molecule has 0 spiro atoms. The molecule has 1 aliphatic rings. The molecule has 0 unspecified atom stereocenters. The third kappa shape index (κ3) is 34.7. The lowest BCUT2D eigenvalue weighted by Crippen LogP contribution is -2.62. The molecule has 1 fully saturated rings. The third-order valence-corrected chi connectivity index (χ3v) is 23.3. The Bertz CT molecular complexity index is 4900. The highest BCUT2D eigenvalue weighted by molar-refractivity contribution is 8.76. The van der Waals surface area contributed by atoms with Crippen LogP contribution in [-0.2, 0) is 106 Å². The summed E-state index contributed by atoms with van der Waals surface area (Å²) >= 11 is 0. The van der Waals surface area contributed by atoms with Crippen molar-refractivity contribution in [3.05, 3.63) is 102 Å². The molecule has 47 nitrogen and oxygen atoms in total. The molecule has 131 heavy (non-hydrogen) atoms. The third-order valence-electron chi connectivity index (χ3n) is 20.9. The molecule has 0 aliphatic carbocycles. The molecular weight excluding hydrogens is 1750 g/mol. The second-order valence-electron chi connectivity index (χ2n) is 31.5. The van der Waals surface area contributed by atoms with E-state index >= 15 is 24.0 Å². The molecule has 17 amide bonds. The first-order chi connectivity index (χ1) is 62.1. The Balaban J connectivity index is 1.51. The van der Waals surface area contributed by atoms with Gasteiger partial charge in [0, 0.05) is 86.2 Å². The molecule has 2 aromatic heterocycles. The van der Waals surface area contributed by atoms with Gasteiger partial charge in [-0.2, -0.15) is 0 Å². The summed E-state index contributed by atoms with van der Waals surface area (Å²) in [6.45, 7) is 7.59. The van der Waals surface area contributed by atoms with E-state index in [4.69, 9.17) is 33.8 Å². The number of nitrogens with two attached hydrogens (primary N) is 4. The number of guanidine groups is 2. The highest BCUT2D eigenvalue weighted by Gasteiger charge is 2.41. The average Bonchev–Trinajstić information content (AvgIpc) is 1.74. The van der Waals surface area contributed by atoms with Crippen molar-refractivity contribution >= 4 is 162 Å². The van der Waals surface area contributed by atoms with Crippen molar-refractivity contribution in [1.82, 2.24) is 105 Å². The van der Waals surface area contributed by atoms with Gasteiger partial charge in [0.25, 0.3) is 0 Å². The number of hydrogen-bond acceptors (Lipinski definition) is 25. The van der Waals surface area contributed by atoms with E-state index < -0.39 is 265 Å². The summed E-state index contributed by atoms with van der Waals surface area (Å²) in [5.41, 5.74) is 23.8. The van der Waals surface area contributed by atoms with Gasteiger partial charge in [-0.15, -0.1) is 0 Å². The van der Waals surface area contributed by atoms with E-state index in [-0.39, 0.29) is 69.7 Å². The zero-order valence-electron chi connectivity index (χ0n) is 73.2. The summed E-state index contributed by atoms with van der Waals surface area (Å²) in [7, 11) is 1.46. The van der Waals surface area contributed by atoms with Gasteiger partial charge >= 0.3 is 5.97 Å². The Morgan fingerprint density at radius 3 is 1.76 bits per heavy atom. The number of fused-ring (bicyclic) bond motifs is 2. The Hall–Kier alpha value is -13.7. The highest BCUT2D eigenvalue weighted by Crippen LogP contribution is 2.26. The highest BCUT2D eigenvalue weighted by atomic mass is 33.1. The number of carboxylic acids is 1. The van der Waals surface area contributed by atoms with Crippen LogP contribution < -0.4 is 113 Å². The van der Waals surface area contributed by atoms with E-state index in [0.717, 1.165) is 35.4 Å². The number of amides is 17. The molecule has 0 radical (unpaired) electrons. The van der Waals surface area contributed by atoms with Gasteiger partial charge in [0.2, 0.25) is 100 Å². The van der Waals surface area contributed by atoms with Crippen molar-refractivity contribution in [3.8, 4) is 0 Å². The molecule has 714 valence electrons. The Morgan fingerprint density at radius 1 is 0.573 bits per heavy atom. The molecular formula is C82H118N26O21S2. The van der Waals surface area contributed by atoms with Crippen LogP contribution in [0, 0.1) is 22.7 Å². The number of aliphatic carboxylic acids is 1. The SMILES string of the molecule is CC[C@H](C)[C@H](NC(=O)[C@H](CO)NC(=O)[C@H](CCCNC(=N)N)NC(C)=O)C(=O)N[C@H]1CSSC[C@@H](C(=O)N[C@H](C(N)=O)[C@@H](C)O)NC(=O)[C@H](CCCNC(=N)N)NC(=O)[C@H](Cc2cnc[nH]2)NC(=O)[C@H](C)NC(=O)CNC(=O)[C@H](Cc2c[nH]c3ccccc23)NC(=O)[C@H](CC(=O)O)NC(=O)[C@H](CCC(N)=O)NC(=O)[C@H](Cc2cccc3ccccc23)NC(=O)[C@H](C(C)C)NC1=O. The van der Waals surface area contributed by atoms with Crippen LogP contribution in [0.25, 0.3) is 21.7 Å². The lowest BCUT2D eigenvalue weighted by Gasteiger charge is -2.30. The van der Waals surface area contributed by atoms with E-state index in [1.807, 2.05) is 0 Å². The standard InChI is InChI=1S/C82H118N26O21S2/c1-8-40(4)65(107-76(125)58(35-109)103-70(119)51(96-43(7)111)22-14-26-90-81(85)86)80(129)105-60-37-131-130-36-59(78(127)108-66(42(6)110)67(84)116)104-71(120)52(23-15-27-91-82(87)88)97-74(123)56(30-47-33-89-38-94-47)99-68(117)41(5)95-62(113)34-93-69(118)54(29-46-32-92-50-21-12-11-20-49(46)50)100-75(124)57(31-63(114)115)101-72(121)53(24-25-61(83)112)98-73(122)55(102-79(128)64(39(2)3)106-77(60)126)28-45-18-13-17-44-16-9-10-19-48(44)45/h9-13,16-21,32-33,38-42,51-60,64-66,92,109-110H,8,14-15,22-31,34-37H2,1-7H3,(H2,83,112)(H2,84,116)(H,89,94)(H,93,118)(H,95,113)(H,96,111)(H,97,123)(H,98,122)(H,99,117)(H,100,124)(H,101,121)(H,102,128)(H,103,119)(H,104,120)(H,105,129)(H,106,126)(H,107,125)(H,108,127)(H,114,115)(H4,85,86,90)(H4,87,88,91)/t40-,41-,42+,51-,52-,53-,54-,55-,56-,57-,58-,59-,60-,64-,65-,66-/m0/s1. The van der Waals surface area contributed by atoms with Gasteiger partial charge < -0.3 is 139 Å². The number of hydrogen-bond donors (Lipinski definition) is 28. The molecule has 1 saturated heterocycles. The van der Waals surface area contributed by atoms with Crippen molar-refractivity contribution < 1.29 is 102 Å². The number of carboxylic acid groups (broad SMARTS) is 1. The smallest absolute Gasteiger partial charge is 0.305 e. The summed E-state index contributed by atoms with van der Waals surface area (Å²) in [5, 5.41) is 91.1. The number of benzene rings is 3. The fourth-order valence-electron chi connectivity index (χ4n) is 13.6. The van der Waals surface area contributed by atoms with E-state index in [9.17, 15) is 77.6 Å². The summed E-state index contributed by atoms with van der Waals surface area (Å²) < 4.78 is 0. The maximum absolute atomic E-state index is 15.5. The molecule has 0 bridgehead atoms. The van der Waals surface area contributed by atoms with Crippen LogP contribution in [0.3, 0.4) is 0 Å². The molecule has 1 aliphatic heterocycles. The number of carbonyl (C=O) groups excluding carboxylic acids is 17. The van der Waals surface area contributed by atoms with Gasteiger partial charge in [0.15, 0.2) is 11.9 Å². The van der Waals surface area contributed by atoms with Crippen LogP contribution >= 0.6 is 21.6 Å². The van der Waals surface area contributed by atoms with Crippen molar-refractivity contribution in [1.29, 1.82) is 10.8 Å². The predicted molar refractivity (Wildman–Crippen MR) is 479 cm³/mol. The molecule has 32 N–H and O–H groups in total. The van der Waals surface area contributed by atoms with Crippen molar-refractivity contribution in [2.75, 3.05) is 37.7 Å². The minimum atomic E-state index is -2.11. The van der Waals surface area contributed by atoms with Gasteiger partial charge in [-0.1, -0.05) is 116 Å². The zero-order valence-corrected chi connectivity index (χ0v) is 74.8. The second-order valence-corrected chi connectivity index (χ2v) is 34.1. The van der Waals surface area contributed by atoms with Crippen LogP contribution in [0.2, 0.25) is 0 Å². The largest absolute Gasteiger partial charge is 0.481 e. The minimum Gasteiger partial charge on any atom is -0.481 e. The summed E-state index contributed by atoms with van der Waals surface area (Å²) in [6.07, 6.45) is -1.38. The molecule has 49 heteroatoms. The number of rotatable bonds is 34. The number of aliphatic hydroxyl groups excluding tert-OH is 2. The number of primary amides is 2. The number of nitrogens with zero attached hydrogens (tertiary/aromatic N) is 1. The number of aromatic nitrogens is 3.